The minimum Gasteiger partial charge on any atom is -0.328 e. The van der Waals surface area contributed by atoms with E-state index in [1.54, 1.807) is 13.0 Å². The molecule has 0 radical (unpaired) electrons. The molecule has 0 heterocycles. The van der Waals surface area contributed by atoms with E-state index >= 15 is 0 Å². The van der Waals surface area contributed by atoms with E-state index in [-0.39, 0.29) is 35.5 Å². The molecular weight excluding hydrogens is 293 g/mol. The van der Waals surface area contributed by atoms with Crippen LogP contribution in [0.4, 0.5) is 4.39 Å². The molecule has 0 aliphatic carbocycles. The number of sulfonamides is 1. The van der Waals surface area contributed by atoms with Gasteiger partial charge in [0.15, 0.2) is 0 Å². The summed E-state index contributed by atoms with van der Waals surface area (Å²) >= 11 is 0. The van der Waals surface area contributed by atoms with Crippen LogP contribution >= 0.6 is 12.4 Å². The zero-order valence-corrected chi connectivity index (χ0v) is 11.9. The van der Waals surface area contributed by atoms with Gasteiger partial charge in [0.1, 0.15) is 11.9 Å². The Morgan fingerprint density at radius 1 is 1.53 bits per heavy atom. The quantitative estimate of drug-likeness (QED) is 0.852. The predicted octanol–water partition coefficient (Wildman–Crippen LogP) is 1.13. The lowest BCUT2D eigenvalue weighted by Crippen LogP contribution is -2.29. The minimum absolute atomic E-state index is 0. The molecule has 0 saturated carbocycles. The summed E-state index contributed by atoms with van der Waals surface area (Å²) in [5.74, 6) is -0.743. The maximum atomic E-state index is 13.1. The van der Waals surface area contributed by atoms with Crippen molar-refractivity contribution in [2.75, 3.05) is 6.54 Å². The molecule has 1 unspecified atom stereocenters. The van der Waals surface area contributed by atoms with Crippen LogP contribution in [-0.4, -0.2) is 21.0 Å². The van der Waals surface area contributed by atoms with E-state index in [0.29, 0.717) is 6.42 Å². The molecular formula is C11H15ClFN3O2S. The lowest BCUT2D eigenvalue weighted by atomic mass is 10.2. The third kappa shape index (κ3) is 5.12. The Morgan fingerprint density at radius 2 is 2.16 bits per heavy atom. The van der Waals surface area contributed by atoms with Crippen molar-refractivity contribution in [1.29, 1.82) is 5.26 Å². The second kappa shape index (κ2) is 7.40. The number of hydrogen-bond donors (Lipinski definition) is 2. The highest BCUT2D eigenvalue weighted by molar-refractivity contribution is 7.89. The molecule has 5 nitrogen and oxygen atoms in total. The van der Waals surface area contributed by atoms with Gasteiger partial charge in [-0.25, -0.2) is 17.5 Å². The largest absolute Gasteiger partial charge is 0.328 e. The molecule has 0 bridgehead atoms. The van der Waals surface area contributed by atoms with Gasteiger partial charge in [0.2, 0.25) is 10.0 Å². The summed E-state index contributed by atoms with van der Waals surface area (Å²) in [5.41, 5.74) is 5.20. The molecule has 0 fully saturated rings. The van der Waals surface area contributed by atoms with Crippen LogP contribution in [0.5, 0.6) is 0 Å². The molecule has 1 aromatic rings. The van der Waals surface area contributed by atoms with Gasteiger partial charge >= 0.3 is 0 Å². The lowest BCUT2D eigenvalue weighted by Gasteiger charge is -2.08. The Hall–Kier alpha value is -1.20. The number of halogens is 2. The summed E-state index contributed by atoms with van der Waals surface area (Å²) in [6.07, 6.45) is 0.492. The Balaban J connectivity index is 0.00000324. The average molecular weight is 308 g/mol. The van der Waals surface area contributed by atoms with Gasteiger partial charge in [0, 0.05) is 12.6 Å². The average Bonchev–Trinajstić information content (AvgIpc) is 2.28. The monoisotopic (exact) mass is 307 g/mol. The van der Waals surface area contributed by atoms with Gasteiger partial charge in [-0.05, 0) is 31.5 Å². The molecule has 19 heavy (non-hydrogen) atoms. The molecule has 0 saturated heterocycles. The zero-order chi connectivity index (χ0) is 13.8. The fraction of sp³-hybridized carbons (Fsp3) is 0.364. The second-order valence-electron chi connectivity index (χ2n) is 3.92. The van der Waals surface area contributed by atoms with E-state index in [4.69, 9.17) is 11.0 Å². The molecule has 3 N–H and O–H groups in total. The molecule has 0 amide bonds. The first kappa shape index (κ1) is 17.8. The highest BCUT2D eigenvalue weighted by Crippen LogP contribution is 2.14. The molecule has 0 aromatic heterocycles. The van der Waals surface area contributed by atoms with Crippen LogP contribution in [-0.2, 0) is 10.0 Å². The summed E-state index contributed by atoms with van der Waals surface area (Å²) in [7, 11) is -3.73. The number of nitriles is 1. The van der Waals surface area contributed by atoms with E-state index in [9.17, 15) is 12.8 Å². The highest BCUT2D eigenvalue weighted by Gasteiger charge is 2.15. The Labute approximate surface area is 118 Å². The van der Waals surface area contributed by atoms with E-state index in [0.717, 1.165) is 18.2 Å². The van der Waals surface area contributed by atoms with Gasteiger partial charge in [-0.1, -0.05) is 0 Å². The summed E-state index contributed by atoms with van der Waals surface area (Å²) in [5, 5.41) is 8.64. The number of rotatable bonds is 5. The SMILES string of the molecule is CC(N)CCNS(=O)(=O)c1ccc(F)c(C#N)c1.Cl. The number of benzene rings is 1. The number of nitrogens with zero attached hydrogens (tertiary/aromatic N) is 1. The van der Waals surface area contributed by atoms with Crippen LogP contribution in [0.3, 0.4) is 0 Å². The first-order chi connectivity index (χ1) is 8.36. The molecule has 0 aliphatic rings. The Kier molecular flexibility index (Phi) is 6.94. The second-order valence-corrected chi connectivity index (χ2v) is 5.68. The van der Waals surface area contributed by atoms with Gasteiger partial charge in [-0.2, -0.15) is 5.26 Å². The van der Waals surface area contributed by atoms with E-state index in [1.165, 1.54) is 0 Å². The molecule has 0 aliphatic heterocycles. The minimum atomic E-state index is -3.73. The maximum absolute atomic E-state index is 13.1. The van der Waals surface area contributed by atoms with E-state index in [1.807, 2.05) is 0 Å². The standard InChI is InChI=1S/C11H14FN3O2S.ClH/c1-8(14)4-5-15-18(16,17)10-2-3-11(12)9(6-10)7-13;/h2-3,6,8,15H,4-5,14H2,1H3;1H. The predicted molar refractivity (Wildman–Crippen MR) is 71.8 cm³/mol. The van der Waals surface area contributed by atoms with Crippen LogP contribution in [0.2, 0.25) is 0 Å². The fourth-order valence-electron chi connectivity index (χ4n) is 1.26. The lowest BCUT2D eigenvalue weighted by molar-refractivity contribution is 0.571. The van der Waals surface area contributed by atoms with Gasteiger partial charge < -0.3 is 5.73 Å². The van der Waals surface area contributed by atoms with Crippen molar-refractivity contribution in [3.8, 4) is 6.07 Å². The topological polar surface area (TPSA) is 96.0 Å². The third-order valence-electron chi connectivity index (χ3n) is 2.26. The van der Waals surface area contributed by atoms with Crippen LogP contribution in [0.15, 0.2) is 23.1 Å². The molecule has 0 spiro atoms. The molecule has 106 valence electrons. The summed E-state index contributed by atoms with van der Waals surface area (Å²) in [4.78, 5) is -0.134. The first-order valence-electron chi connectivity index (χ1n) is 5.31. The van der Waals surface area contributed by atoms with Crippen molar-refractivity contribution in [3.05, 3.63) is 29.6 Å². The Bertz CT molecular complexity index is 570. The first-order valence-corrected chi connectivity index (χ1v) is 6.80. The molecule has 1 aromatic carbocycles. The van der Waals surface area contributed by atoms with E-state index < -0.39 is 15.8 Å². The van der Waals surface area contributed by atoms with Crippen LogP contribution in [0.1, 0.15) is 18.9 Å². The van der Waals surface area contributed by atoms with Gasteiger partial charge in [-0.15, -0.1) is 12.4 Å². The van der Waals surface area contributed by atoms with Gasteiger partial charge in [0.05, 0.1) is 10.5 Å². The van der Waals surface area contributed by atoms with Crippen LogP contribution in [0, 0.1) is 17.1 Å². The van der Waals surface area contributed by atoms with Crippen molar-refractivity contribution in [2.45, 2.75) is 24.3 Å². The molecule has 1 rings (SSSR count). The molecule has 8 heteroatoms. The number of nitrogens with two attached hydrogens (primary N) is 1. The van der Waals surface area contributed by atoms with Crippen LogP contribution in [0.25, 0.3) is 0 Å². The van der Waals surface area contributed by atoms with E-state index in [2.05, 4.69) is 4.72 Å². The summed E-state index contributed by atoms with van der Waals surface area (Å²) in [6.45, 7) is 1.96. The third-order valence-corrected chi connectivity index (χ3v) is 3.72. The smallest absolute Gasteiger partial charge is 0.240 e. The molecule has 1 atom stereocenters. The maximum Gasteiger partial charge on any atom is 0.240 e. The van der Waals surface area contributed by atoms with Crippen molar-refractivity contribution in [1.82, 2.24) is 4.72 Å². The summed E-state index contributed by atoms with van der Waals surface area (Å²) < 4.78 is 39.0. The van der Waals surface area contributed by atoms with Crippen molar-refractivity contribution < 1.29 is 12.8 Å². The van der Waals surface area contributed by atoms with Gasteiger partial charge in [-0.3, -0.25) is 0 Å². The van der Waals surface area contributed by atoms with Crippen molar-refractivity contribution >= 4 is 22.4 Å². The summed E-state index contributed by atoms with van der Waals surface area (Å²) in [6, 6.07) is 4.56. The fourth-order valence-corrected chi connectivity index (χ4v) is 2.33. The zero-order valence-electron chi connectivity index (χ0n) is 10.3. The highest BCUT2D eigenvalue weighted by atomic mass is 35.5. The number of hydrogen-bond acceptors (Lipinski definition) is 4. The van der Waals surface area contributed by atoms with Crippen LogP contribution < -0.4 is 10.5 Å². The Morgan fingerprint density at radius 3 is 2.68 bits per heavy atom. The van der Waals surface area contributed by atoms with Crippen molar-refractivity contribution in [3.63, 3.8) is 0 Å². The number of nitrogens with one attached hydrogen (secondary N) is 1. The van der Waals surface area contributed by atoms with Gasteiger partial charge in [0.25, 0.3) is 0 Å². The van der Waals surface area contributed by atoms with Crippen molar-refractivity contribution in [2.24, 2.45) is 5.73 Å². The normalized spacial score (nSPS) is 12.3.